The summed E-state index contributed by atoms with van der Waals surface area (Å²) >= 11 is 0. The first kappa shape index (κ1) is 14.2. The molecule has 1 heterocycles. The molecule has 2 aromatic carbocycles. The zero-order chi connectivity index (χ0) is 15.9. The highest BCUT2D eigenvalue weighted by Crippen LogP contribution is 2.38. The van der Waals surface area contributed by atoms with Crippen LogP contribution in [0.5, 0.6) is 5.75 Å². The van der Waals surface area contributed by atoms with Crippen LogP contribution in [0.25, 0.3) is 22.0 Å². The highest BCUT2D eigenvalue weighted by molar-refractivity contribution is 5.92. The first-order valence-corrected chi connectivity index (χ1v) is 6.41. The molecule has 0 aliphatic heterocycles. The number of ether oxygens (including phenoxy) is 1. The maximum Gasteiger partial charge on any atom is 0.573 e. The number of halogens is 3. The Kier molecular flexibility index (Phi) is 3.20. The number of hydrogen-bond acceptors (Lipinski definition) is 3. The number of nitrogens with zero attached hydrogens (tertiary/aromatic N) is 2. The molecule has 2 N–H and O–H groups in total. The molecular formula is C15H12F3N3O. The van der Waals surface area contributed by atoms with Crippen molar-refractivity contribution >= 4 is 16.6 Å². The Morgan fingerprint density at radius 3 is 2.59 bits per heavy atom. The summed E-state index contributed by atoms with van der Waals surface area (Å²) in [5.41, 5.74) is 7.86. The molecule has 0 radical (unpaired) electrons. The summed E-state index contributed by atoms with van der Waals surface area (Å²) in [5, 5.41) is 4.92. The van der Waals surface area contributed by atoms with E-state index in [1.807, 2.05) is 0 Å². The third kappa shape index (κ3) is 2.57. The topological polar surface area (TPSA) is 53.1 Å². The van der Waals surface area contributed by atoms with E-state index in [1.54, 1.807) is 36.1 Å². The molecule has 0 amide bonds. The number of aromatic nitrogens is 2. The molecule has 4 nitrogen and oxygen atoms in total. The van der Waals surface area contributed by atoms with Crippen LogP contribution in [0.2, 0.25) is 0 Å². The minimum atomic E-state index is -4.76. The van der Waals surface area contributed by atoms with Gasteiger partial charge in [-0.05, 0) is 18.2 Å². The van der Waals surface area contributed by atoms with Crippen molar-refractivity contribution in [2.24, 2.45) is 7.05 Å². The number of benzene rings is 2. The van der Waals surface area contributed by atoms with E-state index in [0.717, 1.165) is 10.9 Å². The van der Waals surface area contributed by atoms with Crippen LogP contribution in [0, 0.1) is 0 Å². The molecule has 0 saturated heterocycles. The van der Waals surface area contributed by atoms with E-state index in [4.69, 9.17) is 5.73 Å². The van der Waals surface area contributed by atoms with Crippen molar-refractivity contribution in [2.75, 3.05) is 5.73 Å². The molecule has 0 aliphatic rings. The lowest BCUT2D eigenvalue weighted by atomic mass is 10.0. The molecule has 0 saturated carbocycles. The fourth-order valence-electron chi connectivity index (χ4n) is 2.35. The van der Waals surface area contributed by atoms with Gasteiger partial charge in [-0.15, -0.1) is 13.2 Å². The number of alkyl halides is 3. The Labute approximate surface area is 123 Å². The highest BCUT2D eigenvalue weighted by Gasteiger charge is 2.32. The number of rotatable bonds is 2. The Bertz CT molecular complexity index is 840. The van der Waals surface area contributed by atoms with Crippen molar-refractivity contribution in [3.05, 3.63) is 42.6 Å². The van der Waals surface area contributed by atoms with Crippen molar-refractivity contribution < 1.29 is 17.9 Å². The number of nitrogen functional groups attached to an aromatic ring is 1. The van der Waals surface area contributed by atoms with E-state index in [-0.39, 0.29) is 11.3 Å². The lowest BCUT2D eigenvalue weighted by molar-refractivity contribution is -0.274. The zero-order valence-corrected chi connectivity index (χ0v) is 11.6. The van der Waals surface area contributed by atoms with Crippen LogP contribution in [0.3, 0.4) is 0 Å². The largest absolute Gasteiger partial charge is 0.573 e. The van der Waals surface area contributed by atoms with Gasteiger partial charge in [0.2, 0.25) is 0 Å². The van der Waals surface area contributed by atoms with Gasteiger partial charge in [0.1, 0.15) is 5.75 Å². The van der Waals surface area contributed by atoms with Crippen LogP contribution >= 0.6 is 0 Å². The van der Waals surface area contributed by atoms with Crippen molar-refractivity contribution in [3.8, 4) is 16.9 Å². The van der Waals surface area contributed by atoms with Gasteiger partial charge in [0.05, 0.1) is 11.7 Å². The van der Waals surface area contributed by atoms with Gasteiger partial charge in [-0.3, -0.25) is 4.68 Å². The molecule has 3 rings (SSSR count). The fraction of sp³-hybridized carbons (Fsp3) is 0.133. The predicted molar refractivity (Wildman–Crippen MR) is 77.2 cm³/mol. The lowest BCUT2D eigenvalue weighted by Gasteiger charge is -2.14. The van der Waals surface area contributed by atoms with E-state index in [9.17, 15) is 13.2 Å². The maximum atomic E-state index is 12.5. The minimum absolute atomic E-state index is 0.278. The molecule has 0 unspecified atom stereocenters. The Morgan fingerprint density at radius 2 is 1.86 bits per heavy atom. The average Bonchev–Trinajstić information content (AvgIpc) is 2.78. The summed E-state index contributed by atoms with van der Waals surface area (Å²) in [7, 11) is 1.75. The molecule has 1 aromatic heterocycles. The van der Waals surface area contributed by atoms with Crippen molar-refractivity contribution in [1.29, 1.82) is 0 Å². The highest BCUT2D eigenvalue weighted by atomic mass is 19.4. The second-order valence-electron chi connectivity index (χ2n) is 4.81. The zero-order valence-electron chi connectivity index (χ0n) is 11.6. The molecule has 0 fully saturated rings. The second-order valence-corrected chi connectivity index (χ2v) is 4.81. The van der Waals surface area contributed by atoms with E-state index in [2.05, 4.69) is 9.84 Å². The van der Waals surface area contributed by atoms with Crippen LogP contribution in [0.1, 0.15) is 0 Å². The summed E-state index contributed by atoms with van der Waals surface area (Å²) in [4.78, 5) is 0. The molecule has 0 atom stereocenters. The first-order chi connectivity index (χ1) is 10.3. The van der Waals surface area contributed by atoms with Gasteiger partial charge in [-0.2, -0.15) is 5.10 Å². The molecular weight excluding hydrogens is 295 g/mol. The molecule has 114 valence electrons. The SMILES string of the molecule is Cn1ncc2cc(N)c(-c3ccccc3OC(F)(F)F)cc21. The van der Waals surface area contributed by atoms with Gasteiger partial charge in [-0.1, -0.05) is 18.2 Å². The van der Waals surface area contributed by atoms with E-state index >= 15 is 0 Å². The van der Waals surface area contributed by atoms with Crippen LogP contribution in [-0.2, 0) is 7.05 Å². The van der Waals surface area contributed by atoms with Crippen LogP contribution in [-0.4, -0.2) is 16.1 Å². The van der Waals surface area contributed by atoms with E-state index < -0.39 is 6.36 Å². The Balaban J connectivity index is 2.19. The van der Waals surface area contributed by atoms with Gasteiger partial charge in [-0.25, -0.2) is 0 Å². The van der Waals surface area contributed by atoms with Crippen molar-refractivity contribution in [2.45, 2.75) is 6.36 Å². The fourth-order valence-corrected chi connectivity index (χ4v) is 2.35. The normalized spacial score (nSPS) is 11.8. The maximum absolute atomic E-state index is 12.5. The van der Waals surface area contributed by atoms with Crippen LogP contribution in [0.4, 0.5) is 18.9 Å². The van der Waals surface area contributed by atoms with Gasteiger partial charge < -0.3 is 10.5 Å². The quantitative estimate of drug-likeness (QED) is 0.734. The summed E-state index contributed by atoms with van der Waals surface area (Å²) in [6, 6.07) is 9.29. The summed E-state index contributed by atoms with van der Waals surface area (Å²) in [5.74, 6) is -0.289. The molecule has 0 spiro atoms. The third-order valence-electron chi connectivity index (χ3n) is 3.32. The molecule has 0 aliphatic carbocycles. The first-order valence-electron chi connectivity index (χ1n) is 6.41. The number of aryl methyl sites for hydroxylation is 1. The van der Waals surface area contributed by atoms with Gasteiger partial charge in [0, 0.05) is 29.2 Å². The second kappa shape index (κ2) is 4.94. The lowest BCUT2D eigenvalue weighted by Crippen LogP contribution is -2.17. The van der Waals surface area contributed by atoms with E-state index in [0.29, 0.717) is 11.3 Å². The van der Waals surface area contributed by atoms with Crippen molar-refractivity contribution in [3.63, 3.8) is 0 Å². The summed E-state index contributed by atoms with van der Waals surface area (Å²) in [6.07, 6.45) is -3.12. The van der Waals surface area contributed by atoms with Gasteiger partial charge >= 0.3 is 6.36 Å². The van der Waals surface area contributed by atoms with Gasteiger partial charge in [0.15, 0.2) is 0 Å². The van der Waals surface area contributed by atoms with Gasteiger partial charge in [0.25, 0.3) is 0 Å². The Hall–Kier alpha value is -2.70. The van der Waals surface area contributed by atoms with Crippen molar-refractivity contribution in [1.82, 2.24) is 9.78 Å². The summed E-state index contributed by atoms with van der Waals surface area (Å²) < 4.78 is 43.3. The molecule has 3 aromatic rings. The number of para-hydroxylation sites is 1. The minimum Gasteiger partial charge on any atom is -0.405 e. The average molecular weight is 307 g/mol. The standard InChI is InChI=1S/C15H12F3N3O/c1-21-13-7-11(12(19)6-9(13)8-20-21)10-4-2-3-5-14(10)22-15(16,17)18/h2-8H,19H2,1H3. The van der Waals surface area contributed by atoms with Crippen LogP contribution < -0.4 is 10.5 Å². The summed E-state index contributed by atoms with van der Waals surface area (Å²) in [6.45, 7) is 0. The van der Waals surface area contributed by atoms with Crippen LogP contribution in [0.15, 0.2) is 42.6 Å². The molecule has 7 heteroatoms. The third-order valence-corrected chi connectivity index (χ3v) is 3.32. The monoisotopic (exact) mass is 307 g/mol. The number of hydrogen-bond donors (Lipinski definition) is 1. The predicted octanol–water partition coefficient (Wildman–Crippen LogP) is 3.72. The number of fused-ring (bicyclic) bond motifs is 1. The smallest absolute Gasteiger partial charge is 0.405 e. The molecule has 0 bridgehead atoms. The number of anilines is 1. The van der Waals surface area contributed by atoms with E-state index in [1.165, 1.54) is 18.2 Å². The molecule has 22 heavy (non-hydrogen) atoms. The number of nitrogens with two attached hydrogens (primary N) is 1. The Morgan fingerprint density at radius 1 is 1.14 bits per heavy atom.